The molecule has 4 heteroatoms. The average Bonchev–Trinajstić information content (AvgIpc) is 2.18. The van der Waals surface area contributed by atoms with Crippen LogP contribution in [0.1, 0.15) is 25.3 Å². The van der Waals surface area contributed by atoms with E-state index in [2.05, 4.69) is 19.2 Å². The minimum atomic E-state index is -0.637. The van der Waals surface area contributed by atoms with E-state index in [0.717, 1.165) is 0 Å². The lowest BCUT2D eigenvalue weighted by Gasteiger charge is -2.07. The van der Waals surface area contributed by atoms with Gasteiger partial charge in [0.2, 0.25) is 0 Å². The Balaban J connectivity index is 2.69. The van der Waals surface area contributed by atoms with E-state index < -0.39 is 6.03 Å². The minimum absolute atomic E-state index is 0.468. The fraction of sp³-hybridized carbons (Fsp3) is 0.300. The predicted octanol–water partition coefficient (Wildman–Crippen LogP) is 2.32. The normalized spacial score (nSPS) is 10.0. The molecule has 0 aromatic heterocycles. The van der Waals surface area contributed by atoms with Crippen molar-refractivity contribution in [1.29, 1.82) is 0 Å². The van der Waals surface area contributed by atoms with Crippen molar-refractivity contribution in [3.8, 4) is 0 Å². The summed E-state index contributed by atoms with van der Waals surface area (Å²) in [4.78, 5) is 10.7. The van der Waals surface area contributed by atoms with E-state index in [1.807, 2.05) is 12.1 Å². The number of anilines is 1. The summed E-state index contributed by atoms with van der Waals surface area (Å²) < 4.78 is 0. The third-order valence-electron chi connectivity index (χ3n) is 1.94. The van der Waals surface area contributed by atoms with Crippen LogP contribution in [0.15, 0.2) is 24.3 Å². The summed E-state index contributed by atoms with van der Waals surface area (Å²) in [5.41, 5.74) is 3.36. The fourth-order valence-corrected chi connectivity index (χ4v) is 1.11. The van der Waals surface area contributed by atoms with Gasteiger partial charge < -0.3 is 5.32 Å². The van der Waals surface area contributed by atoms with Crippen molar-refractivity contribution in [1.82, 2.24) is 5.48 Å². The number of nitrogens with one attached hydrogen (secondary N) is 2. The summed E-state index contributed by atoms with van der Waals surface area (Å²) in [7, 11) is 0. The van der Waals surface area contributed by atoms with Crippen LogP contribution >= 0.6 is 0 Å². The number of rotatable bonds is 2. The summed E-state index contributed by atoms with van der Waals surface area (Å²) in [6.07, 6.45) is 0. The second-order valence-corrected chi connectivity index (χ2v) is 3.34. The van der Waals surface area contributed by atoms with Gasteiger partial charge in [-0.2, -0.15) is 0 Å². The Kier molecular flexibility index (Phi) is 3.48. The lowest BCUT2D eigenvalue weighted by molar-refractivity contribution is 0.172. The maximum absolute atomic E-state index is 10.7. The molecule has 1 aromatic carbocycles. The topological polar surface area (TPSA) is 61.4 Å². The first kappa shape index (κ1) is 10.5. The van der Waals surface area contributed by atoms with Crippen molar-refractivity contribution in [3.05, 3.63) is 29.8 Å². The Morgan fingerprint density at radius 2 is 1.86 bits per heavy atom. The van der Waals surface area contributed by atoms with Crippen molar-refractivity contribution in [2.45, 2.75) is 19.8 Å². The summed E-state index contributed by atoms with van der Waals surface area (Å²) in [5.74, 6) is 0.468. The quantitative estimate of drug-likeness (QED) is 0.499. The molecule has 0 saturated heterocycles. The van der Waals surface area contributed by atoms with Crippen LogP contribution in [0, 0.1) is 0 Å². The smallest absolute Gasteiger partial charge is 0.306 e. The van der Waals surface area contributed by atoms with E-state index in [1.54, 1.807) is 12.1 Å². The zero-order chi connectivity index (χ0) is 10.6. The van der Waals surface area contributed by atoms with Crippen LogP contribution in [0.25, 0.3) is 0 Å². The molecule has 0 radical (unpaired) electrons. The van der Waals surface area contributed by atoms with Crippen molar-refractivity contribution < 1.29 is 10.0 Å². The molecule has 0 aliphatic heterocycles. The summed E-state index contributed by atoms with van der Waals surface area (Å²) in [6, 6.07) is 6.84. The highest BCUT2D eigenvalue weighted by molar-refractivity contribution is 5.88. The monoisotopic (exact) mass is 194 g/mol. The SMILES string of the molecule is CC(C)c1ccc(NC(=O)NO)cc1. The highest BCUT2D eigenvalue weighted by Crippen LogP contribution is 2.16. The van der Waals surface area contributed by atoms with Gasteiger partial charge in [-0.15, -0.1) is 0 Å². The number of carbonyl (C=O) groups is 1. The first-order valence-corrected chi connectivity index (χ1v) is 4.44. The molecule has 0 spiro atoms. The highest BCUT2D eigenvalue weighted by Gasteiger charge is 2.01. The van der Waals surface area contributed by atoms with Crippen molar-refractivity contribution in [2.75, 3.05) is 5.32 Å². The van der Waals surface area contributed by atoms with Crippen LogP contribution in [0.3, 0.4) is 0 Å². The second-order valence-electron chi connectivity index (χ2n) is 3.34. The molecule has 0 fully saturated rings. The molecule has 0 heterocycles. The zero-order valence-electron chi connectivity index (χ0n) is 8.24. The molecule has 76 valence electrons. The van der Waals surface area contributed by atoms with Crippen LogP contribution in [-0.2, 0) is 0 Å². The number of amides is 2. The molecule has 1 aromatic rings. The van der Waals surface area contributed by atoms with Gasteiger partial charge in [-0.25, -0.2) is 10.3 Å². The van der Waals surface area contributed by atoms with E-state index in [0.29, 0.717) is 11.6 Å². The van der Waals surface area contributed by atoms with Gasteiger partial charge in [0.15, 0.2) is 0 Å². The highest BCUT2D eigenvalue weighted by atomic mass is 16.5. The van der Waals surface area contributed by atoms with Crippen molar-refractivity contribution >= 4 is 11.7 Å². The van der Waals surface area contributed by atoms with Gasteiger partial charge >= 0.3 is 6.03 Å². The van der Waals surface area contributed by atoms with E-state index in [-0.39, 0.29) is 0 Å². The molecule has 0 saturated carbocycles. The third kappa shape index (κ3) is 2.74. The summed E-state index contributed by atoms with van der Waals surface area (Å²) in [5, 5.41) is 10.7. The number of hydrogen-bond donors (Lipinski definition) is 3. The van der Waals surface area contributed by atoms with Gasteiger partial charge in [-0.05, 0) is 23.6 Å². The van der Waals surface area contributed by atoms with Crippen LogP contribution in [0.5, 0.6) is 0 Å². The maximum Gasteiger partial charge on any atom is 0.342 e. The van der Waals surface area contributed by atoms with Crippen LogP contribution < -0.4 is 10.8 Å². The van der Waals surface area contributed by atoms with Gasteiger partial charge in [0.05, 0.1) is 0 Å². The Bertz CT molecular complexity index is 306. The fourth-order valence-electron chi connectivity index (χ4n) is 1.11. The molecule has 4 nitrogen and oxygen atoms in total. The largest absolute Gasteiger partial charge is 0.342 e. The maximum atomic E-state index is 10.7. The summed E-state index contributed by atoms with van der Waals surface area (Å²) in [6.45, 7) is 4.20. The van der Waals surface area contributed by atoms with E-state index in [9.17, 15) is 4.79 Å². The Morgan fingerprint density at radius 1 is 1.29 bits per heavy atom. The number of carbonyl (C=O) groups excluding carboxylic acids is 1. The standard InChI is InChI=1S/C10H14N2O2/c1-7(2)8-3-5-9(6-4-8)11-10(13)12-14/h3-7,14H,1-2H3,(H2,11,12,13). The number of benzene rings is 1. The number of urea groups is 1. The van der Waals surface area contributed by atoms with Gasteiger partial charge in [-0.1, -0.05) is 26.0 Å². The Morgan fingerprint density at radius 3 is 2.29 bits per heavy atom. The molecule has 3 N–H and O–H groups in total. The van der Waals surface area contributed by atoms with Crippen molar-refractivity contribution in [3.63, 3.8) is 0 Å². The molecule has 0 atom stereocenters. The van der Waals surface area contributed by atoms with Gasteiger partial charge in [0.25, 0.3) is 0 Å². The summed E-state index contributed by atoms with van der Waals surface area (Å²) >= 11 is 0. The van der Waals surface area contributed by atoms with Crippen LogP contribution in [0.2, 0.25) is 0 Å². The third-order valence-corrected chi connectivity index (χ3v) is 1.94. The molecule has 1 rings (SSSR count). The molecule has 0 bridgehead atoms. The van der Waals surface area contributed by atoms with Crippen LogP contribution in [-0.4, -0.2) is 11.2 Å². The Labute approximate surface area is 82.9 Å². The van der Waals surface area contributed by atoms with Gasteiger partial charge in [-0.3, -0.25) is 5.21 Å². The molecular formula is C10H14N2O2. The number of hydroxylamine groups is 1. The van der Waals surface area contributed by atoms with E-state index in [1.165, 1.54) is 11.0 Å². The minimum Gasteiger partial charge on any atom is -0.306 e. The lowest BCUT2D eigenvalue weighted by Crippen LogP contribution is -2.24. The predicted molar refractivity (Wildman–Crippen MR) is 54.5 cm³/mol. The second kappa shape index (κ2) is 4.62. The van der Waals surface area contributed by atoms with Crippen LogP contribution in [0.4, 0.5) is 10.5 Å². The molecule has 0 aliphatic rings. The van der Waals surface area contributed by atoms with Gasteiger partial charge in [0.1, 0.15) is 0 Å². The Hall–Kier alpha value is -1.55. The molecule has 0 unspecified atom stereocenters. The molecule has 0 aliphatic carbocycles. The molecule has 14 heavy (non-hydrogen) atoms. The lowest BCUT2D eigenvalue weighted by atomic mass is 10.0. The van der Waals surface area contributed by atoms with E-state index >= 15 is 0 Å². The van der Waals surface area contributed by atoms with Crippen molar-refractivity contribution in [2.24, 2.45) is 0 Å². The average molecular weight is 194 g/mol. The zero-order valence-corrected chi connectivity index (χ0v) is 8.24. The first-order valence-electron chi connectivity index (χ1n) is 4.44. The first-order chi connectivity index (χ1) is 6.63. The van der Waals surface area contributed by atoms with E-state index in [4.69, 9.17) is 5.21 Å². The molecule has 2 amide bonds. The van der Waals surface area contributed by atoms with Gasteiger partial charge in [0, 0.05) is 5.69 Å². The number of hydrogen-bond acceptors (Lipinski definition) is 2. The molecular weight excluding hydrogens is 180 g/mol.